The fourth-order valence-corrected chi connectivity index (χ4v) is 5.49. The van der Waals surface area contributed by atoms with Gasteiger partial charge in [0.15, 0.2) is 6.23 Å². The second kappa shape index (κ2) is 12.5. The summed E-state index contributed by atoms with van der Waals surface area (Å²) < 4.78 is 51.0. The zero-order valence-corrected chi connectivity index (χ0v) is 23.1. The number of halogens is 3. The number of rotatable bonds is 9. The zero-order valence-electron chi connectivity index (χ0n) is 23.1. The van der Waals surface area contributed by atoms with Crippen LogP contribution in [-0.2, 0) is 27.3 Å². The SMILES string of the molecule is CC(C)COc1ccccc1CN1CCC2(CCN(C(=O)Cc3ccc([N+](=O)[O-])cc3)CC2)C1OC(=O)C(F)(F)F. The molecule has 1 atom stereocenters. The van der Waals surface area contributed by atoms with Crippen LogP contribution in [0.5, 0.6) is 5.75 Å². The van der Waals surface area contributed by atoms with Crippen molar-refractivity contribution >= 4 is 17.6 Å². The van der Waals surface area contributed by atoms with Crippen LogP contribution < -0.4 is 4.74 Å². The molecule has 2 aromatic carbocycles. The van der Waals surface area contributed by atoms with E-state index in [1.807, 2.05) is 38.1 Å². The molecule has 12 heteroatoms. The molecule has 41 heavy (non-hydrogen) atoms. The average Bonchev–Trinajstić information content (AvgIpc) is 3.24. The molecule has 2 aromatic rings. The van der Waals surface area contributed by atoms with Crippen LogP contribution in [0.1, 0.15) is 44.2 Å². The molecule has 2 aliphatic rings. The molecular weight excluding hydrogens is 543 g/mol. The molecule has 1 amide bonds. The number of hydrogen-bond donors (Lipinski definition) is 0. The van der Waals surface area contributed by atoms with E-state index in [2.05, 4.69) is 0 Å². The van der Waals surface area contributed by atoms with Crippen LogP contribution in [0.3, 0.4) is 0 Å². The van der Waals surface area contributed by atoms with Crippen molar-refractivity contribution in [1.29, 1.82) is 0 Å². The average molecular weight is 578 g/mol. The number of nitrogens with zero attached hydrogens (tertiary/aromatic N) is 3. The Hall–Kier alpha value is -3.67. The van der Waals surface area contributed by atoms with E-state index in [1.54, 1.807) is 9.80 Å². The molecule has 2 fully saturated rings. The van der Waals surface area contributed by atoms with Crippen LogP contribution in [0.4, 0.5) is 18.9 Å². The minimum absolute atomic E-state index is 0.0523. The molecule has 0 bridgehead atoms. The van der Waals surface area contributed by atoms with Gasteiger partial charge in [-0.05, 0) is 36.8 Å². The third kappa shape index (κ3) is 7.35. The summed E-state index contributed by atoms with van der Waals surface area (Å²) in [5.41, 5.74) is 0.608. The van der Waals surface area contributed by atoms with Crippen LogP contribution in [0, 0.1) is 21.4 Å². The summed E-state index contributed by atoms with van der Waals surface area (Å²) in [5, 5.41) is 10.9. The highest BCUT2D eigenvalue weighted by molar-refractivity contribution is 5.79. The number of carbonyl (C=O) groups excluding carboxylic acids is 2. The van der Waals surface area contributed by atoms with Gasteiger partial charge in [0, 0.05) is 49.3 Å². The fourth-order valence-electron chi connectivity index (χ4n) is 5.49. The van der Waals surface area contributed by atoms with Gasteiger partial charge in [0.05, 0.1) is 18.0 Å². The Morgan fingerprint density at radius 3 is 2.29 bits per heavy atom. The number of likely N-dealkylation sites (tertiary alicyclic amines) is 2. The van der Waals surface area contributed by atoms with Gasteiger partial charge in [-0.1, -0.05) is 44.2 Å². The van der Waals surface area contributed by atoms with E-state index < -0.39 is 28.7 Å². The summed E-state index contributed by atoms with van der Waals surface area (Å²) in [5.74, 6) is -1.49. The zero-order chi connectivity index (χ0) is 29.8. The lowest BCUT2D eigenvalue weighted by atomic mass is 9.76. The van der Waals surface area contributed by atoms with E-state index in [0.29, 0.717) is 56.8 Å². The smallest absolute Gasteiger partial charge is 0.490 e. The standard InChI is InChI=1S/C29H34F3N3O6/c1-20(2)19-40-24-6-4-3-5-22(24)18-34-16-13-28(26(34)41-27(37)29(30,31)32)11-14-33(15-12-28)25(36)17-21-7-9-23(10-8-21)35(38)39/h3-10,20,26H,11-19H2,1-2H3. The second-order valence-electron chi connectivity index (χ2n) is 11.1. The molecule has 9 nitrogen and oxygen atoms in total. The second-order valence-corrected chi connectivity index (χ2v) is 11.1. The highest BCUT2D eigenvalue weighted by Gasteiger charge is 2.54. The molecule has 1 spiro atoms. The number of esters is 1. The van der Waals surface area contributed by atoms with Crippen molar-refractivity contribution in [2.24, 2.45) is 11.3 Å². The fraction of sp³-hybridized carbons (Fsp3) is 0.517. The number of para-hydroxylation sites is 1. The maximum atomic E-state index is 13.3. The minimum atomic E-state index is -5.13. The number of piperidine rings is 1. The number of nitro benzene ring substituents is 1. The van der Waals surface area contributed by atoms with Crippen molar-refractivity contribution in [2.75, 3.05) is 26.2 Å². The molecule has 0 radical (unpaired) electrons. The Balaban J connectivity index is 1.47. The number of amides is 1. The van der Waals surface area contributed by atoms with Crippen molar-refractivity contribution in [2.45, 2.75) is 58.5 Å². The molecule has 2 heterocycles. The number of nitro groups is 1. The van der Waals surface area contributed by atoms with Crippen molar-refractivity contribution in [3.8, 4) is 5.75 Å². The quantitative estimate of drug-likeness (QED) is 0.232. The maximum absolute atomic E-state index is 13.3. The molecule has 0 saturated carbocycles. The number of benzene rings is 2. The Bertz CT molecular complexity index is 1240. The Kier molecular flexibility index (Phi) is 9.21. The van der Waals surface area contributed by atoms with Crippen LogP contribution in [0.15, 0.2) is 48.5 Å². The Morgan fingerprint density at radius 2 is 1.68 bits per heavy atom. The van der Waals surface area contributed by atoms with Crippen LogP contribution >= 0.6 is 0 Å². The largest absolute Gasteiger partial charge is 0.493 e. The molecule has 0 N–H and O–H groups in total. The first-order chi connectivity index (χ1) is 19.4. The number of non-ortho nitro benzene ring substituents is 1. The first kappa shape index (κ1) is 30.3. The highest BCUT2D eigenvalue weighted by atomic mass is 19.4. The van der Waals surface area contributed by atoms with Crippen molar-refractivity contribution < 1.29 is 37.2 Å². The van der Waals surface area contributed by atoms with Gasteiger partial charge in [-0.15, -0.1) is 0 Å². The molecule has 2 aliphatic heterocycles. The molecule has 0 aromatic heterocycles. The van der Waals surface area contributed by atoms with Crippen molar-refractivity contribution in [3.63, 3.8) is 0 Å². The number of alkyl halides is 3. The predicted octanol–water partition coefficient (Wildman–Crippen LogP) is 5.12. The van der Waals surface area contributed by atoms with E-state index in [1.165, 1.54) is 24.3 Å². The first-order valence-corrected chi connectivity index (χ1v) is 13.6. The summed E-state index contributed by atoms with van der Waals surface area (Å²) in [6.45, 7) is 5.78. The van der Waals surface area contributed by atoms with Gasteiger partial charge in [0.25, 0.3) is 5.69 Å². The van der Waals surface area contributed by atoms with E-state index in [4.69, 9.17) is 9.47 Å². The van der Waals surface area contributed by atoms with Gasteiger partial charge in [-0.3, -0.25) is 19.8 Å². The molecular formula is C29H34F3N3O6. The monoisotopic (exact) mass is 577 g/mol. The van der Waals surface area contributed by atoms with Gasteiger partial charge in [0.2, 0.25) is 5.91 Å². The lowest BCUT2D eigenvalue weighted by Crippen LogP contribution is -2.51. The molecule has 222 valence electrons. The van der Waals surface area contributed by atoms with Crippen molar-refractivity contribution in [1.82, 2.24) is 9.80 Å². The summed E-state index contributed by atoms with van der Waals surface area (Å²) in [4.78, 5) is 38.8. The van der Waals surface area contributed by atoms with Crippen LogP contribution in [0.25, 0.3) is 0 Å². The third-order valence-electron chi connectivity index (χ3n) is 7.74. The van der Waals surface area contributed by atoms with Gasteiger partial charge < -0.3 is 14.4 Å². The number of carbonyl (C=O) groups is 2. The lowest BCUT2D eigenvalue weighted by Gasteiger charge is -2.43. The molecule has 0 aliphatic carbocycles. The summed E-state index contributed by atoms with van der Waals surface area (Å²) in [6, 6.07) is 13.1. The normalized spacial score (nSPS) is 19.0. The number of hydrogen-bond acceptors (Lipinski definition) is 7. The van der Waals surface area contributed by atoms with Crippen LogP contribution in [0.2, 0.25) is 0 Å². The third-order valence-corrected chi connectivity index (χ3v) is 7.74. The van der Waals surface area contributed by atoms with E-state index >= 15 is 0 Å². The lowest BCUT2D eigenvalue weighted by molar-refractivity contribution is -0.384. The predicted molar refractivity (Wildman–Crippen MR) is 143 cm³/mol. The van der Waals surface area contributed by atoms with E-state index in [-0.39, 0.29) is 30.5 Å². The highest BCUT2D eigenvalue weighted by Crippen LogP contribution is 2.47. The summed E-state index contributed by atoms with van der Waals surface area (Å²) in [6.07, 6.45) is -4.93. The van der Waals surface area contributed by atoms with E-state index in [0.717, 1.165) is 5.56 Å². The molecule has 4 rings (SSSR count). The minimum Gasteiger partial charge on any atom is -0.493 e. The van der Waals surface area contributed by atoms with E-state index in [9.17, 15) is 32.9 Å². The molecule has 2 saturated heterocycles. The number of ether oxygens (including phenoxy) is 2. The first-order valence-electron chi connectivity index (χ1n) is 13.6. The maximum Gasteiger partial charge on any atom is 0.490 e. The Labute approximate surface area is 236 Å². The Morgan fingerprint density at radius 1 is 1.05 bits per heavy atom. The summed E-state index contributed by atoms with van der Waals surface area (Å²) in [7, 11) is 0. The van der Waals surface area contributed by atoms with Crippen molar-refractivity contribution in [3.05, 3.63) is 69.8 Å². The van der Waals surface area contributed by atoms with Gasteiger partial charge >= 0.3 is 12.1 Å². The topological polar surface area (TPSA) is 102 Å². The van der Waals surface area contributed by atoms with Gasteiger partial charge in [-0.25, -0.2) is 4.79 Å². The van der Waals surface area contributed by atoms with Gasteiger partial charge in [0.1, 0.15) is 5.75 Å². The summed E-state index contributed by atoms with van der Waals surface area (Å²) >= 11 is 0. The molecule has 1 unspecified atom stereocenters. The van der Waals surface area contributed by atoms with Crippen LogP contribution in [-0.4, -0.2) is 65.2 Å². The van der Waals surface area contributed by atoms with Gasteiger partial charge in [-0.2, -0.15) is 13.2 Å².